The molecule has 5 aromatic rings. The SMILES string of the molecule is CC(=O)OC[C@H]1O[C@@](CO)(OC[C@H]2O[C@@](CO)(OC[C@H]3O[C@](O)(COCc4ccccc4)[C@@H](OCc4ccccc4)[C@@H]3OCc3ccccc3)[C@@H](OCc3ccccc3)[C@@H]2O)[C@@H](OCc2ccccc2)[C@@H]1O. The van der Waals surface area contributed by atoms with Crippen LogP contribution in [0.5, 0.6) is 0 Å². The molecule has 3 saturated heterocycles. The van der Waals surface area contributed by atoms with Gasteiger partial charge in [0.15, 0.2) is 0 Å². The molecule has 3 fully saturated rings. The zero-order valence-electron chi connectivity index (χ0n) is 40.0. The molecule has 17 heteroatoms. The van der Waals surface area contributed by atoms with Crippen molar-refractivity contribution in [2.75, 3.05) is 39.6 Å². The second-order valence-electron chi connectivity index (χ2n) is 18.1. The third-order valence-corrected chi connectivity index (χ3v) is 12.8. The number of aliphatic hydroxyl groups excluding tert-OH is 4. The summed E-state index contributed by atoms with van der Waals surface area (Å²) in [6, 6.07) is 46.7. The summed E-state index contributed by atoms with van der Waals surface area (Å²) in [7, 11) is 0. The molecule has 17 nitrogen and oxygen atoms in total. The molecule has 0 saturated carbocycles. The van der Waals surface area contributed by atoms with E-state index in [4.69, 9.17) is 52.1 Å². The molecule has 3 aliphatic rings. The quantitative estimate of drug-likeness (QED) is 0.0492. The summed E-state index contributed by atoms with van der Waals surface area (Å²) in [4.78, 5) is 11.8. The highest BCUT2D eigenvalue weighted by Crippen LogP contribution is 2.42. The van der Waals surface area contributed by atoms with Crippen LogP contribution in [0, 0.1) is 0 Å². The first-order valence-corrected chi connectivity index (χ1v) is 24.0. The summed E-state index contributed by atoms with van der Waals surface area (Å²) in [5.41, 5.74) is 4.04. The maximum atomic E-state index is 12.5. The molecular formula is C55H64O17. The second kappa shape index (κ2) is 25.3. The van der Waals surface area contributed by atoms with Crippen molar-refractivity contribution >= 4 is 5.97 Å². The van der Waals surface area contributed by atoms with Gasteiger partial charge in [0, 0.05) is 6.92 Å². The molecule has 12 atom stereocenters. The van der Waals surface area contributed by atoms with Crippen molar-refractivity contribution in [3.8, 4) is 0 Å². The van der Waals surface area contributed by atoms with Gasteiger partial charge >= 0.3 is 5.97 Å². The van der Waals surface area contributed by atoms with Gasteiger partial charge < -0.3 is 77.6 Å². The molecule has 3 heterocycles. The molecule has 5 N–H and O–H groups in total. The van der Waals surface area contributed by atoms with Crippen molar-refractivity contribution in [3.05, 3.63) is 179 Å². The summed E-state index contributed by atoms with van der Waals surface area (Å²) in [5, 5.41) is 58.5. The van der Waals surface area contributed by atoms with Crippen LogP contribution >= 0.6 is 0 Å². The lowest BCUT2D eigenvalue weighted by atomic mass is 10.0. The van der Waals surface area contributed by atoms with Crippen LogP contribution in [0.4, 0.5) is 0 Å². The normalized spacial score (nSPS) is 30.2. The molecule has 72 heavy (non-hydrogen) atoms. The van der Waals surface area contributed by atoms with Crippen molar-refractivity contribution in [3.63, 3.8) is 0 Å². The molecule has 0 radical (unpaired) electrons. The summed E-state index contributed by atoms with van der Waals surface area (Å²) < 4.78 is 68.9. The topological polar surface area (TPSA) is 220 Å². The first-order valence-electron chi connectivity index (χ1n) is 24.0. The van der Waals surface area contributed by atoms with Crippen LogP contribution < -0.4 is 0 Å². The highest BCUT2D eigenvalue weighted by atomic mass is 16.8. The third kappa shape index (κ3) is 13.2. The maximum absolute atomic E-state index is 12.5. The van der Waals surface area contributed by atoms with E-state index in [2.05, 4.69) is 0 Å². The van der Waals surface area contributed by atoms with E-state index < -0.39 is 105 Å². The Kier molecular flexibility index (Phi) is 18.7. The van der Waals surface area contributed by atoms with Crippen molar-refractivity contribution in [2.45, 2.75) is 112 Å². The Hall–Kier alpha value is -5.03. The van der Waals surface area contributed by atoms with Crippen LogP contribution in [0.1, 0.15) is 34.7 Å². The first kappa shape index (κ1) is 53.3. The van der Waals surface area contributed by atoms with Gasteiger partial charge in [-0.1, -0.05) is 152 Å². The van der Waals surface area contributed by atoms with Gasteiger partial charge in [0.05, 0.1) is 46.2 Å². The Labute approximate surface area is 418 Å². The van der Waals surface area contributed by atoms with E-state index in [1.807, 2.05) is 152 Å². The van der Waals surface area contributed by atoms with E-state index in [0.717, 1.165) is 27.8 Å². The Morgan fingerprint density at radius 2 is 0.847 bits per heavy atom. The summed E-state index contributed by atoms with van der Waals surface area (Å²) in [6.45, 7) is -1.82. The molecule has 0 spiro atoms. The fourth-order valence-electron chi connectivity index (χ4n) is 9.09. The molecule has 0 aliphatic carbocycles. The summed E-state index contributed by atoms with van der Waals surface area (Å²) >= 11 is 0. The fraction of sp³-hybridized carbons (Fsp3) is 0.436. The van der Waals surface area contributed by atoms with E-state index in [1.165, 1.54) is 6.92 Å². The van der Waals surface area contributed by atoms with Crippen LogP contribution in [0.3, 0.4) is 0 Å². The van der Waals surface area contributed by atoms with Gasteiger partial charge in [-0.25, -0.2) is 0 Å². The van der Waals surface area contributed by atoms with Gasteiger partial charge in [-0.3, -0.25) is 4.79 Å². The number of ether oxygens (including phenoxy) is 11. The minimum absolute atomic E-state index is 0.0114. The second-order valence-corrected chi connectivity index (χ2v) is 18.1. The van der Waals surface area contributed by atoms with E-state index in [0.29, 0.717) is 0 Å². The number of benzene rings is 5. The number of aliphatic hydroxyl groups is 5. The smallest absolute Gasteiger partial charge is 0.302 e. The summed E-state index contributed by atoms with van der Waals surface area (Å²) in [6.07, 6.45) is -11.5. The molecular weight excluding hydrogens is 933 g/mol. The van der Waals surface area contributed by atoms with Gasteiger partial charge in [0.2, 0.25) is 17.4 Å². The van der Waals surface area contributed by atoms with Crippen LogP contribution in [0.2, 0.25) is 0 Å². The Morgan fingerprint density at radius 3 is 1.25 bits per heavy atom. The molecule has 0 amide bonds. The molecule has 0 bridgehead atoms. The molecule has 8 rings (SSSR count). The highest BCUT2D eigenvalue weighted by molar-refractivity contribution is 5.65. The average molecular weight is 997 g/mol. The number of hydrogen-bond donors (Lipinski definition) is 5. The molecule has 0 unspecified atom stereocenters. The van der Waals surface area contributed by atoms with Gasteiger partial charge in [-0.2, -0.15) is 0 Å². The van der Waals surface area contributed by atoms with E-state index in [-0.39, 0.29) is 46.2 Å². The van der Waals surface area contributed by atoms with Crippen LogP contribution in [-0.2, 0) is 89.9 Å². The first-order chi connectivity index (χ1) is 35.0. The Morgan fingerprint density at radius 1 is 0.486 bits per heavy atom. The Bertz CT molecular complexity index is 2370. The molecule has 3 aliphatic heterocycles. The third-order valence-electron chi connectivity index (χ3n) is 12.8. The van der Waals surface area contributed by atoms with Crippen LogP contribution in [0.15, 0.2) is 152 Å². The largest absolute Gasteiger partial charge is 0.463 e. The molecule has 0 aromatic heterocycles. The van der Waals surface area contributed by atoms with Gasteiger partial charge in [-0.15, -0.1) is 0 Å². The maximum Gasteiger partial charge on any atom is 0.302 e. The van der Waals surface area contributed by atoms with Crippen LogP contribution in [0.25, 0.3) is 0 Å². The van der Waals surface area contributed by atoms with Crippen LogP contribution in [-0.4, -0.2) is 143 Å². The predicted octanol–water partition coefficient (Wildman–Crippen LogP) is 4.13. The lowest BCUT2D eigenvalue weighted by Crippen LogP contribution is -2.52. The number of hydrogen-bond acceptors (Lipinski definition) is 17. The van der Waals surface area contributed by atoms with Crippen molar-refractivity contribution < 1.29 is 82.4 Å². The lowest BCUT2D eigenvalue weighted by Gasteiger charge is -2.35. The predicted molar refractivity (Wildman–Crippen MR) is 256 cm³/mol. The molecule has 5 aromatic carbocycles. The zero-order chi connectivity index (χ0) is 50.4. The number of carbonyl (C=O) groups is 1. The van der Waals surface area contributed by atoms with E-state index in [1.54, 1.807) is 0 Å². The number of esters is 1. The highest BCUT2D eigenvalue weighted by Gasteiger charge is 2.62. The molecule has 386 valence electrons. The number of carbonyl (C=O) groups excluding carboxylic acids is 1. The van der Waals surface area contributed by atoms with Gasteiger partial charge in [-0.05, 0) is 27.8 Å². The fourth-order valence-corrected chi connectivity index (χ4v) is 9.09. The van der Waals surface area contributed by atoms with Crippen molar-refractivity contribution in [1.29, 1.82) is 0 Å². The minimum Gasteiger partial charge on any atom is -0.463 e. The van der Waals surface area contributed by atoms with Gasteiger partial charge in [0.1, 0.15) is 81.4 Å². The monoisotopic (exact) mass is 996 g/mol. The van der Waals surface area contributed by atoms with E-state index >= 15 is 0 Å². The van der Waals surface area contributed by atoms with Gasteiger partial charge in [0.25, 0.3) is 0 Å². The van der Waals surface area contributed by atoms with Crippen molar-refractivity contribution in [2.24, 2.45) is 0 Å². The lowest BCUT2D eigenvalue weighted by molar-refractivity contribution is -0.318. The zero-order valence-corrected chi connectivity index (χ0v) is 40.0. The Balaban J connectivity index is 1.06. The standard InChI is InChI=1S/C55H64O17/c1-38(58)63-32-44-47(59)50(65-29-41-21-11-4-12-22-41)54(35-56,71-44)68-33-45-48(60)51(66-30-42-23-13-5-14-24-42)55(36-57,72-45)69-34-46-49(64-28-40-19-9-3-10-20-40)52(67-31-43-25-15-6-16-26-43)53(61,70-46)37-62-27-39-17-7-2-8-18-39/h2-26,44-52,56-57,59-61H,27-37H2,1H3/t44-,45-,46-,47-,48-,49-,50+,51+,52+,53-,54-,55-/m1/s1. The number of rotatable bonds is 26. The van der Waals surface area contributed by atoms with E-state index in [9.17, 15) is 30.3 Å². The van der Waals surface area contributed by atoms with Crippen molar-refractivity contribution in [1.82, 2.24) is 0 Å². The summed E-state index contributed by atoms with van der Waals surface area (Å²) in [5.74, 6) is -6.87. The average Bonchev–Trinajstić information content (AvgIpc) is 3.96. The minimum atomic E-state index is -2.11.